The normalized spacial score (nSPS) is 13.3. The van der Waals surface area contributed by atoms with Gasteiger partial charge < -0.3 is 10.8 Å². The van der Waals surface area contributed by atoms with Gasteiger partial charge in [-0.2, -0.15) is 0 Å². The Labute approximate surface area is 110 Å². The molecule has 1 atom stereocenters. The average Bonchev–Trinajstić information content (AvgIpc) is 2.24. The molecule has 7 heteroatoms. The summed E-state index contributed by atoms with van der Waals surface area (Å²) in [6.07, 6.45) is 1.04. The van der Waals surface area contributed by atoms with E-state index in [2.05, 4.69) is 0 Å². The molecule has 1 aromatic carbocycles. The van der Waals surface area contributed by atoms with E-state index in [-0.39, 0.29) is 28.3 Å². The summed E-state index contributed by atoms with van der Waals surface area (Å²) in [7, 11) is -3.45. The highest BCUT2D eigenvalue weighted by Crippen LogP contribution is 2.30. The molecule has 1 unspecified atom stereocenters. The second kappa shape index (κ2) is 5.69. The van der Waals surface area contributed by atoms with Crippen LogP contribution in [0, 0.1) is 0 Å². The Hall–Kier alpha value is -1.11. The van der Waals surface area contributed by atoms with Gasteiger partial charge in [-0.1, -0.05) is 17.7 Å². The van der Waals surface area contributed by atoms with Gasteiger partial charge in [-0.25, -0.2) is 8.42 Å². The first-order valence-corrected chi connectivity index (χ1v) is 7.46. The second-order valence-electron chi connectivity index (χ2n) is 3.96. The standard InChI is InChI=1S/C11H14ClNO4S/c1-18(16,17)9-4-2-3-7(12)11(9)8(13)5-6-10(14)15/h2-4,8H,5-6,13H2,1H3,(H,14,15). The third-order valence-electron chi connectivity index (χ3n) is 2.45. The Balaban J connectivity index is 3.18. The Morgan fingerprint density at radius 2 is 2.11 bits per heavy atom. The fourth-order valence-corrected chi connectivity index (χ4v) is 2.98. The number of carboxylic acid groups (broad SMARTS) is 1. The van der Waals surface area contributed by atoms with Gasteiger partial charge in [0, 0.05) is 29.3 Å². The highest BCUT2D eigenvalue weighted by molar-refractivity contribution is 7.90. The van der Waals surface area contributed by atoms with Gasteiger partial charge in [0.1, 0.15) is 0 Å². The zero-order chi connectivity index (χ0) is 13.9. The molecule has 0 spiro atoms. The van der Waals surface area contributed by atoms with E-state index in [9.17, 15) is 13.2 Å². The number of aliphatic carboxylic acids is 1. The summed E-state index contributed by atoms with van der Waals surface area (Å²) in [4.78, 5) is 10.5. The van der Waals surface area contributed by atoms with Crippen molar-refractivity contribution < 1.29 is 18.3 Å². The predicted octanol–water partition coefficient (Wildman–Crippen LogP) is 1.61. The molecule has 0 aliphatic heterocycles. The first-order valence-electron chi connectivity index (χ1n) is 5.19. The van der Waals surface area contributed by atoms with Crippen molar-refractivity contribution in [3.8, 4) is 0 Å². The molecule has 0 saturated carbocycles. The van der Waals surface area contributed by atoms with Crippen LogP contribution in [0.15, 0.2) is 23.1 Å². The number of rotatable bonds is 5. The quantitative estimate of drug-likeness (QED) is 0.859. The summed E-state index contributed by atoms with van der Waals surface area (Å²) < 4.78 is 23.2. The van der Waals surface area contributed by atoms with Crippen LogP contribution in [0.3, 0.4) is 0 Å². The lowest BCUT2D eigenvalue weighted by molar-refractivity contribution is -0.137. The van der Waals surface area contributed by atoms with E-state index in [4.69, 9.17) is 22.4 Å². The van der Waals surface area contributed by atoms with Crippen molar-refractivity contribution in [1.29, 1.82) is 0 Å². The summed E-state index contributed by atoms with van der Waals surface area (Å²) >= 11 is 5.95. The van der Waals surface area contributed by atoms with Gasteiger partial charge in [0.05, 0.1) is 4.90 Å². The minimum absolute atomic E-state index is 0.0490. The Bertz CT molecular complexity index is 556. The lowest BCUT2D eigenvalue weighted by atomic mass is 10.0. The third kappa shape index (κ3) is 3.69. The van der Waals surface area contributed by atoms with Crippen LogP contribution in [0.25, 0.3) is 0 Å². The monoisotopic (exact) mass is 291 g/mol. The van der Waals surface area contributed by atoms with Gasteiger partial charge in [-0.15, -0.1) is 0 Å². The number of carbonyl (C=O) groups is 1. The first-order chi connectivity index (χ1) is 8.23. The van der Waals surface area contributed by atoms with Crippen LogP contribution in [0.5, 0.6) is 0 Å². The topological polar surface area (TPSA) is 97.5 Å². The van der Waals surface area contributed by atoms with Gasteiger partial charge in [0.15, 0.2) is 9.84 Å². The fourth-order valence-electron chi connectivity index (χ4n) is 1.62. The Kier molecular flexibility index (Phi) is 4.72. The molecule has 0 aromatic heterocycles. The van der Waals surface area contributed by atoms with E-state index in [1.807, 2.05) is 0 Å². The van der Waals surface area contributed by atoms with E-state index < -0.39 is 21.8 Å². The molecule has 0 bridgehead atoms. The summed E-state index contributed by atoms with van der Waals surface area (Å²) in [5, 5.41) is 8.83. The minimum Gasteiger partial charge on any atom is -0.481 e. The van der Waals surface area contributed by atoms with Crippen LogP contribution in [0.4, 0.5) is 0 Å². The molecule has 5 nitrogen and oxygen atoms in total. The van der Waals surface area contributed by atoms with Crippen LogP contribution < -0.4 is 5.73 Å². The van der Waals surface area contributed by atoms with E-state index in [1.165, 1.54) is 18.2 Å². The number of halogens is 1. The van der Waals surface area contributed by atoms with Crippen molar-refractivity contribution in [3.63, 3.8) is 0 Å². The zero-order valence-corrected chi connectivity index (χ0v) is 11.3. The summed E-state index contributed by atoms with van der Waals surface area (Å²) in [5.41, 5.74) is 6.11. The molecule has 100 valence electrons. The maximum atomic E-state index is 11.6. The zero-order valence-electron chi connectivity index (χ0n) is 9.76. The van der Waals surface area contributed by atoms with Crippen LogP contribution in [0.1, 0.15) is 24.4 Å². The summed E-state index contributed by atoms with van der Waals surface area (Å²) in [6.45, 7) is 0. The first kappa shape index (κ1) is 14.9. The van der Waals surface area contributed by atoms with Crippen LogP contribution in [-0.2, 0) is 14.6 Å². The number of carboxylic acids is 1. The van der Waals surface area contributed by atoms with Gasteiger partial charge in [0.2, 0.25) is 0 Å². The van der Waals surface area contributed by atoms with Gasteiger partial charge in [-0.3, -0.25) is 4.79 Å². The number of hydrogen-bond donors (Lipinski definition) is 2. The van der Waals surface area contributed by atoms with Crippen molar-refractivity contribution in [2.75, 3.05) is 6.26 Å². The number of hydrogen-bond acceptors (Lipinski definition) is 4. The largest absolute Gasteiger partial charge is 0.481 e. The molecule has 1 rings (SSSR count). The van der Waals surface area contributed by atoms with Gasteiger partial charge in [-0.05, 0) is 18.6 Å². The number of nitrogens with two attached hydrogens (primary N) is 1. The Morgan fingerprint density at radius 1 is 1.50 bits per heavy atom. The fraction of sp³-hybridized carbons (Fsp3) is 0.364. The van der Waals surface area contributed by atoms with Crippen LogP contribution in [-0.4, -0.2) is 25.7 Å². The van der Waals surface area contributed by atoms with Crippen molar-refractivity contribution in [1.82, 2.24) is 0 Å². The molecule has 0 aliphatic rings. The minimum atomic E-state index is -3.45. The molecule has 3 N–H and O–H groups in total. The molecular weight excluding hydrogens is 278 g/mol. The summed E-state index contributed by atoms with van der Waals surface area (Å²) in [6, 6.07) is 3.75. The van der Waals surface area contributed by atoms with Crippen molar-refractivity contribution in [3.05, 3.63) is 28.8 Å². The summed E-state index contributed by atoms with van der Waals surface area (Å²) in [5.74, 6) is -0.988. The maximum Gasteiger partial charge on any atom is 0.303 e. The van der Waals surface area contributed by atoms with Gasteiger partial charge in [0.25, 0.3) is 0 Å². The molecular formula is C11H14ClNO4S. The molecule has 18 heavy (non-hydrogen) atoms. The molecule has 0 aliphatic carbocycles. The van der Waals surface area contributed by atoms with E-state index in [0.29, 0.717) is 0 Å². The lowest BCUT2D eigenvalue weighted by Gasteiger charge is -2.16. The van der Waals surface area contributed by atoms with E-state index >= 15 is 0 Å². The van der Waals surface area contributed by atoms with Crippen LogP contribution in [0.2, 0.25) is 5.02 Å². The highest BCUT2D eigenvalue weighted by atomic mass is 35.5. The molecule has 1 aromatic rings. The molecule has 0 radical (unpaired) electrons. The maximum absolute atomic E-state index is 11.6. The molecule has 0 saturated heterocycles. The predicted molar refractivity (Wildman–Crippen MR) is 68.4 cm³/mol. The third-order valence-corrected chi connectivity index (χ3v) is 3.94. The molecule has 0 fully saturated rings. The van der Waals surface area contributed by atoms with Crippen molar-refractivity contribution >= 4 is 27.4 Å². The smallest absolute Gasteiger partial charge is 0.303 e. The number of benzene rings is 1. The van der Waals surface area contributed by atoms with Gasteiger partial charge >= 0.3 is 5.97 Å². The average molecular weight is 292 g/mol. The van der Waals surface area contributed by atoms with Crippen molar-refractivity contribution in [2.24, 2.45) is 5.73 Å². The SMILES string of the molecule is CS(=O)(=O)c1cccc(Cl)c1C(N)CCC(=O)O. The molecule has 0 amide bonds. The Morgan fingerprint density at radius 3 is 2.61 bits per heavy atom. The molecule has 0 heterocycles. The highest BCUT2D eigenvalue weighted by Gasteiger charge is 2.21. The number of sulfone groups is 1. The van der Waals surface area contributed by atoms with Crippen molar-refractivity contribution in [2.45, 2.75) is 23.8 Å². The van der Waals surface area contributed by atoms with Crippen LogP contribution >= 0.6 is 11.6 Å². The lowest BCUT2D eigenvalue weighted by Crippen LogP contribution is -2.16. The second-order valence-corrected chi connectivity index (χ2v) is 6.35. The van der Waals surface area contributed by atoms with E-state index in [1.54, 1.807) is 0 Å². The van der Waals surface area contributed by atoms with E-state index in [0.717, 1.165) is 6.26 Å².